The lowest BCUT2D eigenvalue weighted by Crippen LogP contribution is -2.60. The van der Waals surface area contributed by atoms with Crippen LogP contribution >= 0.6 is 0 Å². The Kier molecular flexibility index (Phi) is 5.49. The number of rotatable bonds is 6. The van der Waals surface area contributed by atoms with Crippen molar-refractivity contribution in [2.75, 3.05) is 11.9 Å². The summed E-state index contributed by atoms with van der Waals surface area (Å²) in [6.45, 7) is 6.65. The van der Waals surface area contributed by atoms with E-state index >= 15 is 0 Å². The van der Waals surface area contributed by atoms with Crippen molar-refractivity contribution in [2.45, 2.75) is 54.7 Å². The number of hydrogen-bond donors (Lipinski definition) is 3. The van der Waals surface area contributed by atoms with Crippen molar-refractivity contribution in [2.24, 2.45) is 0 Å². The fourth-order valence-corrected chi connectivity index (χ4v) is 5.31. The number of fused-ring (bicyclic) bond motifs is 1. The molecule has 0 aliphatic carbocycles. The van der Waals surface area contributed by atoms with E-state index in [9.17, 15) is 28.2 Å². The van der Waals surface area contributed by atoms with Gasteiger partial charge in [-0.15, -0.1) is 0 Å². The number of hydrogen-bond acceptors (Lipinski definition) is 9. The van der Waals surface area contributed by atoms with Gasteiger partial charge in [0.25, 0.3) is 10.9 Å². The monoisotopic (exact) mass is 487 g/mol. The lowest BCUT2D eigenvalue weighted by Gasteiger charge is -2.50. The predicted molar refractivity (Wildman–Crippen MR) is 124 cm³/mol. The molecule has 0 spiro atoms. The van der Waals surface area contributed by atoms with Crippen LogP contribution in [-0.2, 0) is 9.84 Å². The Morgan fingerprint density at radius 3 is 2.38 bits per heavy atom. The van der Waals surface area contributed by atoms with Crippen molar-refractivity contribution in [3.8, 4) is 17.2 Å². The summed E-state index contributed by atoms with van der Waals surface area (Å²) in [5, 5.41) is 24.1. The van der Waals surface area contributed by atoms with Crippen LogP contribution in [0.3, 0.4) is 0 Å². The molecule has 0 bridgehead atoms. The summed E-state index contributed by atoms with van der Waals surface area (Å²) in [5.41, 5.74) is -4.14. The molecule has 3 aromatic rings. The molecule has 2 unspecified atom stereocenters. The first kappa shape index (κ1) is 23.8. The summed E-state index contributed by atoms with van der Waals surface area (Å²) in [6, 6.07) is 8.45. The highest BCUT2D eigenvalue weighted by molar-refractivity contribution is 7.91. The van der Waals surface area contributed by atoms with E-state index in [1.165, 1.54) is 43.3 Å². The molecule has 1 aliphatic rings. The molecule has 0 radical (unpaired) electrons. The molecule has 3 N–H and O–H groups in total. The van der Waals surface area contributed by atoms with Gasteiger partial charge in [-0.2, -0.15) is 0 Å². The highest BCUT2D eigenvalue weighted by atomic mass is 32.2. The minimum atomic E-state index is -4.03. The topological polar surface area (TPSA) is 139 Å². The van der Waals surface area contributed by atoms with Gasteiger partial charge in [0, 0.05) is 5.56 Å². The van der Waals surface area contributed by atoms with E-state index in [0.29, 0.717) is 5.75 Å². The van der Waals surface area contributed by atoms with Crippen molar-refractivity contribution in [3.63, 3.8) is 0 Å². The molecule has 3 aromatic carbocycles. The average molecular weight is 488 g/mol. The van der Waals surface area contributed by atoms with Crippen LogP contribution in [0.4, 0.5) is 5.69 Å². The molecule has 0 saturated heterocycles. The summed E-state index contributed by atoms with van der Waals surface area (Å²) in [6.07, 6.45) is 0. The second-order valence-corrected chi connectivity index (χ2v) is 10.8. The van der Waals surface area contributed by atoms with Crippen LogP contribution in [0.2, 0.25) is 0 Å². The van der Waals surface area contributed by atoms with Gasteiger partial charge in [0.15, 0.2) is 5.75 Å². The number of nitrogens with one attached hydrogen (secondary N) is 1. The Bertz CT molecular complexity index is 1450. The minimum absolute atomic E-state index is 0.0815. The second kappa shape index (κ2) is 7.85. The first-order valence-electron chi connectivity index (χ1n) is 10.6. The van der Waals surface area contributed by atoms with E-state index in [-0.39, 0.29) is 39.1 Å². The van der Waals surface area contributed by atoms with Crippen molar-refractivity contribution < 1.29 is 28.1 Å². The Morgan fingerprint density at radius 1 is 1.06 bits per heavy atom. The van der Waals surface area contributed by atoms with Crippen LogP contribution in [0.25, 0.3) is 0 Å². The van der Waals surface area contributed by atoms with Crippen LogP contribution in [0.5, 0.6) is 17.2 Å². The summed E-state index contributed by atoms with van der Waals surface area (Å²) in [7, 11) is -4.03. The number of ether oxygens (including phenoxy) is 2. The maximum absolute atomic E-state index is 13.2. The molecule has 2 atom stereocenters. The smallest absolute Gasteiger partial charge is 0.272 e. The standard InChI is InChI=1S/C24H25NO8S/c1-5-32-21-18(19(27)20(21)28)25-22-16-12-15(34(30,31)14-8-6-7-13(26)11-14)9-10-17(16)33-23(2,3)24(22,4)29/h6-12,22,25-26,29H,5H2,1-4H3. The van der Waals surface area contributed by atoms with E-state index in [1.54, 1.807) is 20.8 Å². The third kappa shape index (κ3) is 3.54. The Hall–Kier alpha value is -3.37. The highest BCUT2D eigenvalue weighted by Gasteiger charge is 2.53. The van der Waals surface area contributed by atoms with E-state index in [0.717, 1.165) is 6.07 Å². The maximum atomic E-state index is 13.2. The Labute approximate surface area is 196 Å². The van der Waals surface area contributed by atoms with Gasteiger partial charge in [-0.3, -0.25) is 9.59 Å². The molecule has 0 aromatic heterocycles. The largest absolute Gasteiger partial charge is 0.508 e. The summed E-state index contributed by atoms with van der Waals surface area (Å²) in [5.74, 6) is -0.0200. The number of aromatic hydroxyl groups is 1. The third-order valence-electron chi connectivity index (χ3n) is 6.32. The molecule has 1 aliphatic heterocycles. The number of phenols is 1. The van der Waals surface area contributed by atoms with Crippen LogP contribution in [-0.4, -0.2) is 36.4 Å². The van der Waals surface area contributed by atoms with Gasteiger partial charge < -0.3 is 25.0 Å². The van der Waals surface area contributed by atoms with Gasteiger partial charge >= 0.3 is 0 Å². The molecule has 4 rings (SSSR count). The predicted octanol–water partition coefficient (Wildman–Crippen LogP) is 2.29. The molecule has 1 heterocycles. The third-order valence-corrected chi connectivity index (χ3v) is 8.07. The second-order valence-electron chi connectivity index (χ2n) is 8.83. The van der Waals surface area contributed by atoms with E-state index in [1.807, 2.05) is 0 Å². The number of aliphatic hydroxyl groups is 1. The van der Waals surface area contributed by atoms with Gasteiger partial charge in [0.2, 0.25) is 9.84 Å². The molecule has 34 heavy (non-hydrogen) atoms. The number of anilines is 1. The normalized spacial score (nSPS) is 21.5. The molecular weight excluding hydrogens is 462 g/mol. The average Bonchev–Trinajstić information content (AvgIpc) is 2.77. The first-order valence-corrected chi connectivity index (χ1v) is 12.1. The van der Waals surface area contributed by atoms with Crippen LogP contribution in [0.1, 0.15) is 39.3 Å². The van der Waals surface area contributed by atoms with Gasteiger partial charge in [0.1, 0.15) is 28.4 Å². The van der Waals surface area contributed by atoms with E-state index in [2.05, 4.69) is 5.32 Å². The van der Waals surface area contributed by atoms with Crippen molar-refractivity contribution in [3.05, 3.63) is 68.5 Å². The van der Waals surface area contributed by atoms with Crippen molar-refractivity contribution in [1.29, 1.82) is 0 Å². The number of sulfone groups is 1. The van der Waals surface area contributed by atoms with Crippen molar-refractivity contribution in [1.82, 2.24) is 0 Å². The highest BCUT2D eigenvalue weighted by Crippen LogP contribution is 2.48. The molecule has 10 heteroatoms. The molecular formula is C24H25NO8S. The lowest BCUT2D eigenvalue weighted by molar-refractivity contribution is -0.128. The Morgan fingerprint density at radius 2 is 1.74 bits per heavy atom. The summed E-state index contributed by atoms with van der Waals surface area (Å²) >= 11 is 0. The van der Waals surface area contributed by atoms with Gasteiger partial charge in [0.05, 0.1) is 22.4 Å². The van der Waals surface area contributed by atoms with E-state index < -0.39 is 37.9 Å². The molecule has 0 amide bonds. The maximum Gasteiger partial charge on any atom is 0.272 e. The number of benzene rings is 2. The minimum Gasteiger partial charge on any atom is -0.508 e. The zero-order valence-electron chi connectivity index (χ0n) is 19.1. The Balaban J connectivity index is 1.86. The fourth-order valence-electron chi connectivity index (χ4n) is 3.97. The van der Waals surface area contributed by atoms with Crippen LogP contribution in [0, 0.1) is 0 Å². The molecule has 0 saturated carbocycles. The molecule has 0 fully saturated rings. The zero-order chi connectivity index (χ0) is 25.1. The van der Waals surface area contributed by atoms with Crippen molar-refractivity contribution >= 4 is 15.5 Å². The lowest BCUT2D eigenvalue weighted by atomic mass is 9.75. The number of phenolic OH excluding ortho intramolecular Hbond substituents is 1. The van der Waals surface area contributed by atoms with Crippen LogP contribution < -0.4 is 25.6 Å². The molecule has 9 nitrogen and oxygen atoms in total. The molecule has 180 valence electrons. The van der Waals surface area contributed by atoms with Gasteiger partial charge in [-0.25, -0.2) is 8.42 Å². The van der Waals surface area contributed by atoms with Gasteiger partial charge in [-0.1, -0.05) is 6.07 Å². The summed E-state index contributed by atoms with van der Waals surface area (Å²) < 4.78 is 37.7. The van der Waals surface area contributed by atoms with Crippen LogP contribution in [0.15, 0.2) is 61.8 Å². The zero-order valence-corrected chi connectivity index (χ0v) is 19.9. The summed E-state index contributed by atoms with van der Waals surface area (Å²) in [4.78, 5) is 24.0. The SMILES string of the molecule is CCOc1c(NC2c3cc(S(=O)(=O)c4cccc(O)c4)ccc3OC(C)(C)C2(C)O)c(=O)c1=O. The first-order chi connectivity index (χ1) is 15.8. The quantitative estimate of drug-likeness (QED) is 0.447. The fraction of sp³-hybridized carbons (Fsp3) is 0.333. The van der Waals surface area contributed by atoms with E-state index in [4.69, 9.17) is 9.47 Å². The van der Waals surface area contributed by atoms with Gasteiger partial charge in [-0.05, 0) is 64.1 Å².